The van der Waals surface area contributed by atoms with Gasteiger partial charge in [0.25, 0.3) is 0 Å². The Morgan fingerprint density at radius 3 is 2.53 bits per heavy atom. The summed E-state index contributed by atoms with van der Waals surface area (Å²) in [6, 6.07) is 8.23. The van der Waals surface area contributed by atoms with Gasteiger partial charge in [0.1, 0.15) is 0 Å². The highest BCUT2D eigenvalue weighted by Gasteiger charge is 2.26. The maximum Gasteiger partial charge on any atom is 0.317 e. The van der Waals surface area contributed by atoms with E-state index >= 15 is 0 Å². The van der Waals surface area contributed by atoms with Crippen LogP contribution < -0.4 is 5.32 Å². The Kier molecular flexibility index (Phi) is 4.29. The molecule has 0 spiro atoms. The van der Waals surface area contributed by atoms with Gasteiger partial charge in [-0.3, -0.25) is 10.1 Å². The number of carbonyl (C=O) groups is 1. The van der Waals surface area contributed by atoms with Crippen LogP contribution in [0.1, 0.15) is 37.9 Å². The minimum atomic E-state index is -0.827. The van der Waals surface area contributed by atoms with E-state index in [0.717, 1.165) is 5.56 Å². The van der Waals surface area contributed by atoms with Gasteiger partial charge in [-0.1, -0.05) is 50.6 Å². The molecular weight excluding hydrogens is 214 g/mol. The van der Waals surface area contributed by atoms with Crippen molar-refractivity contribution in [2.75, 3.05) is 6.54 Å². The lowest BCUT2D eigenvalue weighted by Gasteiger charge is -2.32. The summed E-state index contributed by atoms with van der Waals surface area (Å²) in [4.78, 5) is 10.7. The number of carboxylic acid groups (broad SMARTS) is 1. The summed E-state index contributed by atoms with van der Waals surface area (Å²) in [6.07, 6.45) is 0. The van der Waals surface area contributed by atoms with Crippen molar-refractivity contribution in [3.05, 3.63) is 35.4 Å². The number of carboxylic acids is 1. The van der Waals surface area contributed by atoms with E-state index < -0.39 is 5.97 Å². The number of benzene rings is 1. The van der Waals surface area contributed by atoms with Crippen LogP contribution >= 0.6 is 0 Å². The first-order valence-corrected chi connectivity index (χ1v) is 5.82. The van der Waals surface area contributed by atoms with Gasteiger partial charge in [0.05, 0.1) is 6.54 Å². The fourth-order valence-corrected chi connectivity index (χ4v) is 1.96. The molecule has 17 heavy (non-hydrogen) atoms. The van der Waals surface area contributed by atoms with Crippen LogP contribution in [0.15, 0.2) is 24.3 Å². The van der Waals surface area contributed by atoms with Gasteiger partial charge < -0.3 is 5.11 Å². The average molecular weight is 235 g/mol. The SMILES string of the molecule is Cc1cccc(C(NCC(=O)O)C(C)(C)C)c1. The second-order valence-corrected chi connectivity index (χ2v) is 5.49. The van der Waals surface area contributed by atoms with Crippen molar-refractivity contribution in [2.24, 2.45) is 5.41 Å². The van der Waals surface area contributed by atoms with Crippen LogP contribution in [0, 0.1) is 12.3 Å². The fourth-order valence-electron chi connectivity index (χ4n) is 1.96. The summed E-state index contributed by atoms with van der Waals surface area (Å²) in [5, 5.41) is 11.9. The highest BCUT2D eigenvalue weighted by molar-refractivity contribution is 5.69. The first-order chi connectivity index (χ1) is 7.80. The average Bonchev–Trinajstić information content (AvgIpc) is 2.15. The van der Waals surface area contributed by atoms with Gasteiger partial charge in [0, 0.05) is 6.04 Å². The van der Waals surface area contributed by atoms with E-state index in [1.54, 1.807) is 0 Å². The second-order valence-electron chi connectivity index (χ2n) is 5.49. The van der Waals surface area contributed by atoms with E-state index in [2.05, 4.69) is 32.2 Å². The molecule has 1 aromatic carbocycles. The molecule has 0 aliphatic heterocycles. The smallest absolute Gasteiger partial charge is 0.317 e. The predicted octanol–water partition coefficient (Wildman–Crippen LogP) is 2.76. The Bertz CT molecular complexity index is 393. The summed E-state index contributed by atoms with van der Waals surface area (Å²) in [7, 11) is 0. The van der Waals surface area contributed by atoms with Gasteiger partial charge in [0.2, 0.25) is 0 Å². The molecule has 0 heterocycles. The first kappa shape index (κ1) is 13.7. The van der Waals surface area contributed by atoms with Crippen LogP contribution in [0.25, 0.3) is 0 Å². The first-order valence-electron chi connectivity index (χ1n) is 5.82. The van der Waals surface area contributed by atoms with Crippen LogP contribution in [-0.4, -0.2) is 17.6 Å². The molecule has 0 aliphatic rings. The number of nitrogens with one attached hydrogen (secondary N) is 1. The third-order valence-electron chi connectivity index (χ3n) is 2.70. The number of hydrogen-bond donors (Lipinski definition) is 2. The Hall–Kier alpha value is -1.35. The molecule has 3 nitrogen and oxygen atoms in total. The molecule has 2 N–H and O–H groups in total. The highest BCUT2D eigenvalue weighted by Crippen LogP contribution is 2.32. The Balaban J connectivity index is 2.94. The van der Waals surface area contributed by atoms with E-state index in [0.29, 0.717) is 0 Å². The summed E-state index contributed by atoms with van der Waals surface area (Å²) >= 11 is 0. The lowest BCUT2D eigenvalue weighted by atomic mass is 9.82. The minimum absolute atomic E-state index is 0.0180. The second kappa shape index (κ2) is 5.32. The molecule has 0 radical (unpaired) electrons. The van der Waals surface area contributed by atoms with Crippen LogP contribution in [0.3, 0.4) is 0 Å². The summed E-state index contributed by atoms with van der Waals surface area (Å²) < 4.78 is 0. The molecule has 1 unspecified atom stereocenters. The lowest BCUT2D eigenvalue weighted by molar-refractivity contribution is -0.136. The molecule has 0 saturated heterocycles. The molecule has 0 amide bonds. The minimum Gasteiger partial charge on any atom is -0.480 e. The monoisotopic (exact) mass is 235 g/mol. The highest BCUT2D eigenvalue weighted by atomic mass is 16.4. The standard InChI is InChI=1S/C14H21NO2/c1-10-6-5-7-11(8-10)13(14(2,3)4)15-9-12(16)17/h5-8,13,15H,9H2,1-4H3,(H,16,17). The van der Waals surface area contributed by atoms with Gasteiger partial charge >= 0.3 is 5.97 Å². The van der Waals surface area contributed by atoms with Crippen molar-refractivity contribution in [2.45, 2.75) is 33.7 Å². The van der Waals surface area contributed by atoms with Gasteiger partial charge in [-0.2, -0.15) is 0 Å². The normalized spacial score (nSPS) is 13.4. The topological polar surface area (TPSA) is 49.3 Å². The zero-order valence-electron chi connectivity index (χ0n) is 10.9. The van der Waals surface area contributed by atoms with Crippen molar-refractivity contribution in [3.63, 3.8) is 0 Å². The summed E-state index contributed by atoms with van der Waals surface area (Å²) in [5.41, 5.74) is 2.30. The third-order valence-corrected chi connectivity index (χ3v) is 2.70. The molecule has 0 fully saturated rings. The number of aryl methyl sites for hydroxylation is 1. The van der Waals surface area contributed by atoms with Crippen molar-refractivity contribution in [3.8, 4) is 0 Å². The van der Waals surface area contributed by atoms with Crippen LogP contribution in [-0.2, 0) is 4.79 Å². The predicted molar refractivity (Wildman–Crippen MR) is 69.0 cm³/mol. The third kappa shape index (κ3) is 4.19. The molecule has 1 atom stereocenters. The Labute approximate surface area is 103 Å². The van der Waals surface area contributed by atoms with Gasteiger partial charge in [0.15, 0.2) is 0 Å². The zero-order chi connectivity index (χ0) is 13.1. The van der Waals surface area contributed by atoms with Crippen molar-refractivity contribution in [1.82, 2.24) is 5.32 Å². The maximum absolute atomic E-state index is 10.7. The van der Waals surface area contributed by atoms with Gasteiger partial charge in [-0.25, -0.2) is 0 Å². The zero-order valence-corrected chi connectivity index (χ0v) is 10.9. The molecule has 3 heteroatoms. The van der Waals surface area contributed by atoms with Crippen molar-refractivity contribution >= 4 is 5.97 Å². The van der Waals surface area contributed by atoms with Crippen molar-refractivity contribution in [1.29, 1.82) is 0 Å². The Morgan fingerprint density at radius 1 is 1.41 bits per heavy atom. The van der Waals surface area contributed by atoms with Crippen LogP contribution in [0.4, 0.5) is 0 Å². The molecule has 0 aliphatic carbocycles. The van der Waals surface area contributed by atoms with E-state index in [9.17, 15) is 4.79 Å². The molecule has 1 rings (SSSR count). The largest absolute Gasteiger partial charge is 0.480 e. The van der Waals surface area contributed by atoms with Crippen molar-refractivity contribution < 1.29 is 9.90 Å². The number of hydrogen-bond acceptors (Lipinski definition) is 2. The van der Waals surface area contributed by atoms with E-state index in [1.165, 1.54) is 5.56 Å². The molecule has 1 aromatic rings. The van der Waals surface area contributed by atoms with Crippen LogP contribution in [0.2, 0.25) is 0 Å². The van der Waals surface area contributed by atoms with E-state index in [1.807, 2.05) is 25.1 Å². The lowest BCUT2D eigenvalue weighted by Crippen LogP contribution is -2.35. The number of rotatable bonds is 4. The summed E-state index contributed by atoms with van der Waals surface area (Å²) in [5.74, 6) is -0.827. The molecule has 0 bridgehead atoms. The fraction of sp³-hybridized carbons (Fsp3) is 0.500. The van der Waals surface area contributed by atoms with E-state index in [-0.39, 0.29) is 18.0 Å². The van der Waals surface area contributed by atoms with Gasteiger partial charge in [-0.05, 0) is 17.9 Å². The molecular formula is C14H21NO2. The number of aliphatic carboxylic acids is 1. The maximum atomic E-state index is 10.7. The van der Waals surface area contributed by atoms with E-state index in [4.69, 9.17) is 5.11 Å². The molecule has 94 valence electrons. The molecule has 0 aromatic heterocycles. The van der Waals surface area contributed by atoms with Gasteiger partial charge in [-0.15, -0.1) is 0 Å². The summed E-state index contributed by atoms with van der Waals surface area (Å²) in [6.45, 7) is 8.34. The molecule has 0 saturated carbocycles. The Morgan fingerprint density at radius 2 is 2.06 bits per heavy atom. The quantitative estimate of drug-likeness (QED) is 0.843. The van der Waals surface area contributed by atoms with Crippen LogP contribution in [0.5, 0.6) is 0 Å².